The average molecular weight is 1190 g/mol. The molecule has 4 aromatic heterocycles. The molecule has 0 unspecified atom stereocenters. The zero-order chi connectivity index (χ0) is 57.9. The first-order valence-electron chi connectivity index (χ1n) is 24.9. The average Bonchev–Trinajstić information content (AvgIpc) is 3.47. The standard InChI is InChI=1S/C16H20N4O3S.C16H18N4O3S.C10H13ClN4O2S.C9H11ClN4/c2*1-24(22,23)20-8-6-11(7-9-20)13-10-14(18-19-16(13)17)12-4-2-3-5-15(12)21;1-18(16,17)15-4-2-7(3-5-15)8-6-9(11)13-14-10(8)12;10-8-5-7(9(11)14-13-8)6-1-3-12-4-2-6/h2-5,10-11,21H,6-9H2,1H3,(H2,17,19);2-6,10,21H,7-9H2,1H3,(H2,17,19);2,6H,3-5H2,1H3,(H2,12,14);1,5,12H,2-4H2,(H2,11,14). The number of rotatable bonds is 9. The SMILES string of the molecule is CS(=O)(=O)N1CC=C(c2cc(-c3ccccc3O)nnc2N)CC1.CS(=O)(=O)N1CC=C(c2cc(Cl)nnc2N)CC1.CS(=O)(=O)N1CCC(c2cc(-c3ccccc3O)nnc2N)CC1.Nc1nnc(Cl)cc1C1=CCNCC1. The van der Waals surface area contributed by atoms with Gasteiger partial charge >= 0.3 is 0 Å². The van der Waals surface area contributed by atoms with E-state index in [9.17, 15) is 35.5 Å². The number of nitrogens with zero attached hydrogens (tertiary/aromatic N) is 11. The number of nitrogen functional groups attached to an aromatic ring is 4. The van der Waals surface area contributed by atoms with E-state index in [-0.39, 0.29) is 28.4 Å². The van der Waals surface area contributed by atoms with E-state index in [1.54, 1.807) is 60.7 Å². The highest BCUT2D eigenvalue weighted by molar-refractivity contribution is 7.88. The Morgan fingerprint density at radius 3 is 1.32 bits per heavy atom. The maximum absolute atomic E-state index is 11.6. The van der Waals surface area contributed by atoms with Gasteiger partial charge in [0.25, 0.3) is 0 Å². The molecule has 0 radical (unpaired) electrons. The molecule has 29 heteroatoms. The van der Waals surface area contributed by atoms with Gasteiger partial charge in [0.2, 0.25) is 30.1 Å². The smallest absolute Gasteiger partial charge is 0.211 e. The molecule has 0 amide bonds. The second kappa shape index (κ2) is 26.5. The Labute approximate surface area is 474 Å². The second-order valence-corrected chi connectivity index (χ2v) is 25.6. The van der Waals surface area contributed by atoms with Gasteiger partial charge in [-0.2, -0.15) is 8.61 Å². The first kappa shape index (κ1) is 60.7. The van der Waals surface area contributed by atoms with Gasteiger partial charge in [-0.15, -0.1) is 40.8 Å². The summed E-state index contributed by atoms with van der Waals surface area (Å²) < 4.78 is 73.5. The predicted molar refractivity (Wildman–Crippen MR) is 312 cm³/mol. The molecule has 24 nitrogen and oxygen atoms in total. The maximum atomic E-state index is 11.6. The molecule has 0 atom stereocenters. The van der Waals surface area contributed by atoms with Gasteiger partial charge in [0.15, 0.2) is 27.8 Å². The van der Waals surface area contributed by atoms with Crippen LogP contribution in [0.25, 0.3) is 39.2 Å². The molecule has 0 spiro atoms. The van der Waals surface area contributed by atoms with Crippen LogP contribution in [0.5, 0.6) is 11.5 Å². The minimum absolute atomic E-state index is 0.114. The van der Waals surface area contributed by atoms with Gasteiger partial charge in [-0.25, -0.2) is 29.6 Å². The minimum Gasteiger partial charge on any atom is -0.507 e. The van der Waals surface area contributed by atoms with Crippen molar-refractivity contribution in [2.45, 2.75) is 38.0 Å². The van der Waals surface area contributed by atoms with Crippen molar-refractivity contribution in [3.8, 4) is 34.0 Å². The molecule has 0 saturated carbocycles. The van der Waals surface area contributed by atoms with Crippen LogP contribution in [-0.2, 0) is 30.1 Å². The van der Waals surface area contributed by atoms with E-state index in [1.807, 2.05) is 24.3 Å². The summed E-state index contributed by atoms with van der Waals surface area (Å²) in [5.41, 5.74) is 31.9. The summed E-state index contributed by atoms with van der Waals surface area (Å²) >= 11 is 11.5. The van der Waals surface area contributed by atoms with Crippen LogP contribution >= 0.6 is 23.2 Å². The molecule has 10 rings (SSSR count). The number of halogens is 2. The number of piperidine rings is 1. The number of nitrogens with one attached hydrogen (secondary N) is 1. The lowest BCUT2D eigenvalue weighted by Gasteiger charge is -2.30. The van der Waals surface area contributed by atoms with E-state index in [4.69, 9.17) is 46.1 Å². The Bertz CT molecular complexity index is 3660. The highest BCUT2D eigenvalue weighted by Crippen LogP contribution is 2.36. The van der Waals surface area contributed by atoms with Gasteiger partial charge in [0, 0.05) is 79.2 Å². The predicted octanol–water partition coefficient (Wildman–Crippen LogP) is 4.90. The molecular weight excluding hydrogens is 1130 g/mol. The van der Waals surface area contributed by atoms with E-state index in [2.05, 4.69) is 52.2 Å². The molecule has 6 aromatic rings. The minimum atomic E-state index is -3.20. The summed E-state index contributed by atoms with van der Waals surface area (Å²) in [6.45, 7) is 4.26. The molecule has 8 heterocycles. The third-order valence-corrected chi connectivity index (χ3v) is 17.6. The van der Waals surface area contributed by atoms with Crippen LogP contribution in [0.4, 0.5) is 23.3 Å². The van der Waals surface area contributed by atoms with Crippen LogP contribution in [0.2, 0.25) is 10.3 Å². The number of phenolic OH excluding ortho intramolecular Hbond substituents is 2. The van der Waals surface area contributed by atoms with Gasteiger partial charge in [0.1, 0.15) is 17.3 Å². The molecule has 0 bridgehead atoms. The van der Waals surface area contributed by atoms with Crippen LogP contribution in [0, 0.1) is 0 Å². The highest BCUT2D eigenvalue weighted by Gasteiger charge is 2.28. The van der Waals surface area contributed by atoms with Gasteiger partial charge in [-0.05, 0) is 110 Å². The summed E-state index contributed by atoms with van der Waals surface area (Å²) in [4.78, 5) is 0. The van der Waals surface area contributed by atoms with E-state index in [0.717, 1.165) is 52.9 Å². The Morgan fingerprint density at radius 2 is 0.912 bits per heavy atom. The number of sulfonamides is 3. The van der Waals surface area contributed by atoms with Crippen LogP contribution in [0.3, 0.4) is 0 Å². The molecule has 2 aromatic carbocycles. The zero-order valence-corrected chi connectivity index (χ0v) is 47.9. The fourth-order valence-corrected chi connectivity index (χ4v) is 11.8. The molecule has 426 valence electrons. The number of phenols is 2. The van der Waals surface area contributed by atoms with Crippen LogP contribution < -0.4 is 28.3 Å². The number of nitrogens with two attached hydrogens (primary N) is 4. The number of aromatic hydroxyl groups is 2. The summed E-state index contributed by atoms with van der Waals surface area (Å²) in [6, 6.07) is 20.8. The van der Waals surface area contributed by atoms with Crippen molar-refractivity contribution in [2.75, 3.05) is 94.1 Å². The highest BCUT2D eigenvalue weighted by atomic mass is 35.5. The lowest BCUT2D eigenvalue weighted by atomic mass is 9.90. The van der Waals surface area contributed by atoms with Crippen LogP contribution in [0.15, 0.2) is 91.0 Å². The summed E-state index contributed by atoms with van der Waals surface area (Å²) in [6.07, 6.45) is 12.8. The Balaban J connectivity index is 0.000000157. The number of hydrogen-bond donors (Lipinski definition) is 7. The van der Waals surface area contributed by atoms with Crippen molar-refractivity contribution in [2.24, 2.45) is 0 Å². The van der Waals surface area contributed by atoms with E-state index in [1.165, 1.54) is 37.3 Å². The molecule has 4 aliphatic rings. The molecule has 11 N–H and O–H groups in total. The zero-order valence-electron chi connectivity index (χ0n) is 44.0. The summed E-state index contributed by atoms with van der Waals surface area (Å²) in [5.74, 6) is 1.77. The Hall–Kier alpha value is -6.95. The number of benzene rings is 2. The first-order chi connectivity index (χ1) is 37.9. The number of aromatic nitrogens is 8. The van der Waals surface area contributed by atoms with Gasteiger partial charge in [-0.3, -0.25) is 0 Å². The van der Waals surface area contributed by atoms with Crippen molar-refractivity contribution in [3.05, 3.63) is 124 Å². The molecule has 4 aliphatic heterocycles. The van der Waals surface area contributed by atoms with E-state index >= 15 is 0 Å². The van der Waals surface area contributed by atoms with Gasteiger partial charge in [0.05, 0.1) is 30.2 Å². The normalized spacial score (nSPS) is 16.7. The molecular formula is C51H62Cl2N16O8S3. The van der Waals surface area contributed by atoms with Crippen molar-refractivity contribution in [1.29, 1.82) is 0 Å². The summed E-state index contributed by atoms with van der Waals surface area (Å²) in [5, 5.41) is 54.8. The topological polar surface area (TPSA) is 372 Å². The first-order valence-corrected chi connectivity index (χ1v) is 31.2. The van der Waals surface area contributed by atoms with Gasteiger partial charge in [-0.1, -0.05) is 65.7 Å². The lowest BCUT2D eigenvalue weighted by Crippen LogP contribution is -2.37. The van der Waals surface area contributed by atoms with Gasteiger partial charge < -0.3 is 38.5 Å². The van der Waals surface area contributed by atoms with Crippen LogP contribution in [0.1, 0.15) is 60.3 Å². The number of anilines is 4. The molecule has 1 fully saturated rings. The third-order valence-electron chi connectivity index (χ3n) is 13.4. The van der Waals surface area contributed by atoms with Crippen LogP contribution in [-0.4, -0.2) is 160 Å². The monoisotopic (exact) mass is 1190 g/mol. The van der Waals surface area contributed by atoms with E-state index < -0.39 is 30.1 Å². The fraction of sp³-hybridized carbons (Fsp3) is 0.333. The molecule has 80 heavy (non-hydrogen) atoms. The van der Waals surface area contributed by atoms with E-state index in [0.29, 0.717) is 110 Å². The fourth-order valence-electron chi connectivity index (χ4n) is 9.07. The van der Waals surface area contributed by atoms with Crippen molar-refractivity contribution in [3.63, 3.8) is 0 Å². The third kappa shape index (κ3) is 16.1. The maximum Gasteiger partial charge on any atom is 0.211 e. The number of para-hydroxylation sites is 2. The van der Waals surface area contributed by atoms with Crippen molar-refractivity contribution >= 4 is 93.3 Å². The summed E-state index contributed by atoms with van der Waals surface area (Å²) in [7, 11) is -9.51. The van der Waals surface area contributed by atoms with Crippen molar-refractivity contribution in [1.82, 2.24) is 59.0 Å². The largest absolute Gasteiger partial charge is 0.507 e. The quantitative estimate of drug-likeness (QED) is 0.101. The second-order valence-electron chi connectivity index (χ2n) is 18.9. The Morgan fingerprint density at radius 1 is 0.500 bits per heavy atom. The Kier molecular flexibility index (Phi) is 20.1. The lowest BCUT2D eigenvalue weighted by molar-refractivity contribution is 0.321. The molecule has 0 aliphatic carbocycles. The van der Waals surface area contributed by atoms with Crippen molar-refractivity contribution < 1.29 is 35.5 Å². The molecule has 1 saturated heterocycles. The number of hydrogen-bond acceptors (Lipinski definition) is 21.